The van der Waals surface area contributed by atoms with Gasteiger partial charge in [0.05, 0.1) is 0 Å². The van der Waals surface area contributed by atoms with Gasteiger partial charge in [0, 0.05) is 41.6 Å². The van der Waals surface area contributed by atoms with E-state index in [0.29, 0.717) is 5.92 Å². The van der Waals surface area contributed by atoms with Gasteiger partial charge in [-0.1, -0.05) is 144 Å². The topological polar surface area (TPSA) is 0 Å². The maximum absolute atomic E-state index is 2.50. The first-order valence-corrected chi connectivity index (χ1v) is 15.9. The van der Waals surface area contributed by atoms with E-state index in [1.165, 1.54) is 65.7 Å². The standard InChI is InChI=1S/C35H35.C2H6Si.Zr/c1-21-16-29-26-11-9-8-10-22(26)13-15-27(29)33(21)32-20-25(35(5,6)7)19-31-28-18-24(34(2,3)4)14-12-23(28)17-30(31)32;1-3-2;/h8-20,33H,1-7H3;1-2H3;/q-1;;. The van der Waals surface area contributed by atoms with Crippen LogP contribution in [0.2, 0.25) is 13.1 Å². The molecule has 0 aromatic heterocycles. The summed E-state index contributed by atoms with van der Waals surface area (Å²) in [7, 11) is 1.08. The number of fused-ring (bicyclic) bond motifs is 6. The van der Waals surface area contributed by atoms with Crippen LogP contribution in [0.3, 0.4) is 0 Å². The van der Waals surface area contributed by atoms with Crippen molar-refractivity contribution in [1.82, 2.24) is 0 Å². The summed E-state index contributed by atoms with van der Waals surface area (Å²) in [6, 6.07) is 27.9. The van der Waals surface area contributed by atoms with Crippen LogP contribution in [0.5, 0.6) is 0 Å². The third-order valence-corrected chi connectivity index (χ3v) is 8.04. The quantitative estimate of drug-likeness (QED) is 0.132. The molecule has 0 amide bonds. The van der Waals surface area contributed by atoms with E-state index in [-0.39, 0.29) is 37.0 Å². The zero-order chi connectivity index (χ0) is 27.4. The molecule has 1 aliphatic rings. The van der Waals surface area contributed by atoms with Gasteiger partial charge in [-0.15, -0.1) is 33.7 Å². The molecule has 0 nitrogen and oxygen atoms in total. The van der Waals surface area contributed by atoms with Crippen molar-refractivity contribution in [2.24, 2.45) is 0 Å². The van der Waals surface area contributed by atoms with Crippen molar-refractivity contribution in [3.8, 4) is 0 Å². The summed E-state index contributed by atoms with van der Waals surface area (Å²) in [6.07, 6.45) is 2.43. The Hall–Kier alpha value is -2.15. The first-order valence-electron chi connectivity index (χ1n) is 13.9. The van der Waals surface area contributed by atoms with Gasteiger partial charge in [-0.3, -0.25) is 0 Å². The van der Waals surface area contributed by atoms with Crippen LogP contribution in [0.25, 0.3) is 38.4 Å². The molecule has 0 N–H and O–H groups in total. The summed E-state index contributed by atoms with van der Waals surface area (Å²) >= 11 is 0. The molecule has 5 aromatic carbocycles. The second kappa shape index (κ2) is 11.0. The van der Waals surface area contributed by atoms with E-state index >= 15 is 0 Å². The Morgan fingerprint density at radius 3 is 2.00 bits per heavy atom. The van der Waals surface area contributed by atoms with E-state index < -0.39 is 0 Å². The zero-order valence-electron chi connectivity index (χ0n) is 25.1. The summed E-state index contributed by atoms with van der Waals surface area (Å²) < 4.78 is 0. The average molecular weight is 605 g/mol. The monoisotopic (exact) mass is 603 g/mol. The van der Waals surface area contributed by atoms with Crippen molar-refractivity contribution in [3.63, 3.8) is 0 Å². The molecule has 0 bridgehead atoms. The molecule has 0 aliphatic heterocycles. The van der Waals surface area contributed by atoms with Crippen LogP contribution in [0.15, 0.2) is 78.4 Å². The maximum Gasteiger partial charge on any atom is 0.0307 e. The fraction of sp³-hybridized carbons (Fsp3) is 0.324. The Morgan fingerprint density at radius 1 is 0.692 bits per heavy atom. The minimum Gasteiger partial charge on any atom is -0.126 e. The van der Waals surface area contributed by atoms with Crippen LogP contribution in [-0.4, -0.2) is 9.52 Å². The molecular formula is C37H41SiZr-. The minimum absolute atomic E-state index is 0. The fourth-order valence-electron chi connectivity index (χ4n) is 5.96. The van der Waals surface area contributed by atoms with Crippen LogP contribution in [0.1, 0.15) is 82.2 Å². The van der Waals surface area contributed by atoms with Gasteiger partial charge >= 0.3 is 0 Å². The van der Waals surface area contributed by atoms with Crippen LogP contribution in [-0.2, 0) is 37.0 Å². The molecule has 0 fully saturated rings. The Bertz CT molecular complexity index is 1680. The summed E-state index contributed by atoms with van der Waals surface area (Å²) in [5, 5.41) is 8.21. The number of hydrogen-bond donors (Lipinski definition) is 0. The van der Waals surface area contributed by atoms with Crippen LogP contribution >= 0.6 is 0 Å². The second-order valence-electron chi connectivity index (χ2n) is 13.1. The van der Waals surface area contributed by atoms with Crippen molar-refractivity contribution in [2.75, 3.05) is 0 Å². The molecule has 2 radical (unpaired) electrons. The molecule has 0 spiro atoms. The smallest absolute Gasteiger partial charge is 0.0307 e. The fourth-order valence-corrected chi connectivity index (χ4v) is 5.96. The summed E-state index contributed by atoms with van der Waals surface area (Å²) in [4.78, 5) is 0. The van der Waals surface area contributed by atoms with E-state index in [9.17, 15) is 0 Å². The Morgan fingerprint density at radius 2 is 1.33 bits per heavy atom. The molecule has 0 heterocycles. The van der Waals surface area contributed by atoms with Crippen LogP contribution in [0.4, 0.5) is 0 Å². The SMILES string of the molecule is CC1=Cc2c(ccc3ccccc23)C1c1cc(C(C)(C)C)cc2c1[cH-]c1ccc(C(C)(C)C)cc12.C[Si]C.[Zr]. The molecule has 1 unspecified atom stereocenters. The summed E-state index contributed by atoms with van der Waals surface area (Å²) in [5.41, 5.74) is 8.74. The molecule has 0 saturated heterocycles. The molecular weight excluding hydrogens is 564 g/mol. The molecule has 1 aliphatic carbocycles. The van der Waals surface area contributed by atoms with Gasteiger partial charge in [0.25, 0.3) is 0 Å². The number of hydrogen-bond acceptors (Lipinski definition) is 0. The van der Waals surface area contributed by atoms with E-state index in [1.54, 1.807) is 0 Å². The predicted molar refractivity (Wildman–Crippen MR) is 171 cm³/mol. The predicted octanol–water partition coefficient (Wildman–Crippen LogP) is 10.8. The molecule has 2 heteroatoms. The largest absolute Gasteiger partial charge is 0.126 e. The summed E-state index contributed by atoms with van der Waals surface area (Å²) in [6.45, 7) is 20.5. The first-order chi connectivity index (χ1) is 17.9. The van der Waals surface area contributed by atoms with Gasteiger partial charge in [0.1, 0.15) is 0 Å². The molecule has 6 rings (SSSR count). The number of benzene rings is 4. The van der Waals surface area contributed by atoms with Crippen LogP contribution < -0.4 is 0 Å². The minimum atomic E-state index is 0. The van der Waals surface area contributed by atoms with Crippen molar-refractivity contribution < 1.29 is 26.2 Å². The van der Waals surface area contributed by atoms with E-state index in [1.807, 2.05) is 0 Å². The Kier molecular flexibility index (Phi) is 8.43. The Balaban J connectivity index is 0.000000845. The molecule has 5 aromatic rings. The number of rotatable bonds is 1. The normalized spacial score (nSPS) is 15.1. The van der Waals surface area contributed by atoms with Crippen molar-refractivity contribution in [1.29, 1.82) is 0 Å². The zero-order valence-corrected chi connectivity index (χ0v) is 28.5. The van der Waals surface area contributed by atoms with Crippen molar-refractivity contribution >= 4 is 47.9 Å². The van der Waals surface area contributed by atoms with Crippen LogP contribution in [0, 0.1) is 0 Å². The molecule has 0 saturated carbocycles. The third-order valence-electron chi connectivity index (χ3n) is 8.04. The Labute approximate surface area is 257 Å². The van der Waals surface area contributed by atoms with Gasteiger partial charge in [-0.05, 0) is 39.7 Å². The van der Waals surface area contributed by atoms with E-state index in [2.05, 4.69) is 140 Å². The maximum atomic E-state index is 2.50. The third kappa shape index (κ3) is 5.45. The van der Waals surface area contributed by atoms with Crippen molar-refractivity contribution in [3.05, 3.63) is 106 Å². The van der Waals surface area contributed by atoms with E-state index in [4.69, 9.17) is 0 Å². The van der Waals surface area contributed by atoms with Gasteiger partial charge < -0.3 is 0 Å². The van der Waals surface area contributed by atoms with E-state index in [0.717, 1.165) is 9.52 Å². The van der Waals surface area contributed by atoms with Gasteiger partial charge in [-0.25, -0.2) is 0 Å². The number of allylic oxidation sites excluding steroid dienone is 1. The molecule has 1 atom stereocenters. The van der Waals surface area contributed by atoms with Gasteiger partial charge in [-0.2, -0.15) is 0 Å². The average Bonchev–Trinajstić information content (AvgIpc) is 3.39. The van der Waals surface area contributed by atoms with Gasteiger partial charge in [0.15, 0.2) is 0 Å². The molecule has 39 heavy (non-hydrogen) atoms. The first kappa shape index (κ1) is 29.8. The molecule has 198 valence electrons. The van der Waals surface area contributed by atoms with Crippen molar-refractivity contribution in [2.45, 2.75) is 78.3 Å². The summed E-state index contributed by atoms with van der Waals surface area (Å²) in [5.74, 6) is 0.290. The second-order valence-corrected chi connectivity index (χ2v) is 14.1. The van der Waals surface area contributed by atoms with Gasteiger partial charge in [0.2, 0.25) is 0 Å².